The van der Waals surface area contributed by atoms with Crippen LogP contribution < -0.4 is 4.74 Å². The molecule has 0 bridgehead atoms. The van der Waals surface area contributed by atoms with E-state index in [2.05, 4.69) is 0 Å². The first-order valence-electron chi connectivity index (χ1n) is 5.54. The molecule has 0 aliphatic heterocycles. The van der Waals surface area contributed by atoms with Gasteiger partial charge in [-0.3, -0.25) is 9.36 Å². The Morgan fingerprint density at radius 3 is 2.35 bits per heavy atom. The highest BCUT2D eigenvalue weighted by Crippen LogP contribution is 2.46. The lowest BCUT2D eigenvalue weighted by molar-refractivity contribution is 0.112. The molecule has 1 aromatic carbocycles. The maximum Gasteiger partial charge on any atom is 0.239 e. The minimum absolute atomic E-state index is 0.0672. The number of rotatable bonds is 7. The summed E-state index contributed by atoms with van der Waals surface area (Å²) in [5.41, 5.74) is 0.584. The monoisotopic (exact) mass is 256 g/mol. The van der Waals surface area contributed by atoms with Crippen molar-refractivity contribution in [3.63, 3.8) is 0 Å². The summed E-state index contributed by atoms with van der Waals surface area (Å²) in [5, 5.41) is 0. The molecule has 94 valence electrons. The molecule has 0 amide bonds. The summed E-state index contributed by atoms with van der Waals surface area (Å²) >= 11 is 0. The number of carbonyl (C=O) groups is 1. The van der Waals surface area contributed by atoms with Gasteiger partial charge in [-0.05, 0) is 31.2 Å². The van der Waals surface area contributed by atoms with E-state index in [0.29, 0.717) is 24.1 Å². The van der Waals surface area contributed by atoms with Crippen LogP contribution in [-0.2, 0) is 9.09 Å². The van der Waals surface area contributed by atoms with Gasteiger partial charge in [0.05, 0.1) is 6.61 Å². The van der Waals surface area contributed by atoms with Crippen LogP contribution in [0.25, 0.3) is 0 Å². The second kappa shape index (κ2) is 6.58. The molecular weight excluding hydrogens is 239 g/mol. The highest BCUT2D eigenvalue weighted by atomic mass is 31.2. The maximum atomic E-state index is 12.1. The lowest BCUT2D eigenvalue weighted by atomic mass is 10.2. The largest absolute Gasteiger partial charge is 0.484 e. The first kappa shape index (κ1) is 13.9. The van der Waals surface area contributed by atoms with Gasteiger partial charge in [-0.25, -0.2) is 0 Å². The fourth-order valence-electron chi connectivity index (χ4n) is 1.27. The molecule has 1 aromatic rings. The van der Waals surface area contributed by atoms with E-state index in [4.69, 9.17) is 9.26 Å². The smallest absolute Gasteiger partial charge is 0.239 e. The Labute approximate surface area is 101 Å². The van der Waals surface area contributed by atoms with Gasteiger partial charge in [-0.15, -0.1) is 0 Å². The molecule has 0 aliphatic carbocycles. The predicted octanol–water partition coefficient (Wildman–Crippen LogP) is 3.17. The van der Waals surface area contributed by atoms with Crippen molar-refractivity contribution in [2.24, 2.45) is 0 Å². The molecule has 17 heavy (non-hydrogen) atoms. The normalized spacial score (nSPS) is 14.0. The Morgan fingerprint density at radius 1 is 1.24 bits per heavy atom. The van der Waals surface area contributed by atoms with E-state index < -0.39 is 7.37 Å². The standard InChI is InChI=1S/C12H17O4P/c1-3-16-17(14,4-2)10-15-12-7-5-11(9-13)6-8-12/h5-9H,3-4,10H2,1-2H3. The third-order valence-electron chi connectivity index (χ3n) is 2.29. The first-order valence-corrected chi connectivity index (χ1v) is 7.53. The van der Waals surface area contributed by atoms with Crippen molar-refractivity contribution in [2.75, 3.05) is 19.1 Å². The van der Waals surface area contributed by atoms with Crippen LogP contribution in [0, 0.1) is 0 Å². The Hall–Kier alpha value is -1.12. The minimum atomic E-state index is -2.68. The molecule has 0 radical (unpaired) electrons. The Balaban J connectivity index is 2.59. The highest BCUT2D eigenvalue weighted by Gasteiger charge is 2.20. The molecule has 5 heteroatoms. The van der Waals surface area contributed by atoms with Crippen LogP contribution in [0.1, 0.15) is 24.2 Å². The summed E-state index contributed by atoms with van der Waals surface area (Å²) in [6.07, 6.45) is 1.28. The summed E-state index contributed by atoms with van der Waals surface area (Å²) in [6, 6.07) is 6.66. The van der Waals surface area contributed by atoms with Crippen molar-refractivity contribution in [1.82, 2.24) is 0 Å². The number of aldehydes is 1. The average Bonchev–Trinajstić information content (AvgIpc) is 2.37. The molecule has 1 unspecified atom stereocenters. The van der Waals surface area contributed by atoms with Gasteiger partial charge in [-0.1, -0.05) is 6.92 Å². The fourth-order valence-corrected chi connectivity index (χ4v) is 2.53. The summed E-state index contributed by atoms with van der Waals surface area (Å²) in [5.74, 6) is 0.587. The molecule has 4 nitrogen and oxygen atoms in total. The van der Waals surface area contributed by atoms with Crippen molar-refractivity contribution < 1.29 is 18.6 Å². The van der Waals surface area contributed by atoms with Gasteiger partial charge < -0.3 is 9.26 Å². The lowest BCUT2D eigenvalue weighted by Crippen LogP contribution is -2.04. The van der Waals surface area contributed by atoms with Gasteiger partial charge in [0.25, 0.3) is 0 Å². The molecular formula is C12H17O4P. The molecule has 1 rings (SSSR count). The number of benzene rings is 1. The van der Waals surface area contributed by atoms with Crippen LogP contribution >= 0.6 is 7.37 Å². The SMILES string of the molecule is CCOP(=O)(CC)COc1ccc(C=O)cc1. The Kier molecular flexibility index (Phi) is 5.39. The van der Waals surface area contributed by atoms with Crippen LogP contribution in [0.3, 0.4) is 0 Å². The quantitative estimate of drug-likeness (QED) is 0.555. The number of carbonyl (C=O) groups excluding carboxylic acids is 1. The summed E-state index contributed by atoms with van der Waals surface area (Å²) < 4.78 is 22.7. The second-order valence-electron chi connectivity index (χ2n) is 3.51. The average molecular weight is 256 g/mol. The zero-order chi connectivity index (χ0) is 12.7. The van der Waals surface area contributed by atoms with Crippen LogP contribution in [0.2, 0.25) is 0 Å². The third-order valence-corrected chi connectivity index (χ3v) is 4.51. The summed E-state index contributed by atoms with van der Waals surface area (Å²) in [4.78, 5) is 10.5. The van der Waals surface area contributed by atoms with E-state index in [9.17, 15) is 9.36 Å². The van der Waals surface area contributed by atoms with Crippen LogP contribution in [0.4, 0.5) is 0 Å². The van der Waals surface area contributed by atoms with E-state index in [1.807, 2.05) is 6.92 Å². The van der Waals surface area contributed by atoms with Crippen molar-refractivity contribution >= 4 is 13.7 Å². The second-order valence-corrected chi connectivity index (χ2v) is 6.29. The molecule has 0 spiro atoms. The molecule has 0 heterocycles. The van der Waals surface area contributed by atoms with Gasteiger partial charge in [0.2, 0.25) is 7.37 Å². The van der Waals surface area contributed by atoms with Crippen LogP contribution in [0.15, 0.2) is 24.3 Å². The predicted molar refractivity (Wildman–Crippen MR) is 67.1 cm³/mol. The Morgan fingerprint density at radius 2 is 1.88 bits per heavy atom. The number of ether oxygens (including phenoxy) is 1. The summed E-state index contributed by atoms with van der Waals surface area (Å²) in [6.45, 7) is 4.04. The van der Waals surface area contributed by atoms with E-state index in [1.165, 1.54) is 0 Å². The summed E-state index contributed by atoms with van der Waals surface area (Å²) in [7, 11) is -2.68. The molecule has 1 atom stereocenters. The molecule has 0 aromatic heterocycles. The van der Waals surface area contributed by atoms with Crippen molar-refractivity contribution in [1.29, 1.82) is 0 Å². The van der Waals surface area contributed by atoms with Crippen molar-refractivity contribution in [2.45, 2.75) is 13.8 Å². The molecule has 0 fully saturated rings. The van der Waals surface area contributed by atoms with Crippen LogP contribution in [0.5, 0.6) is 5.75 Å². The minimum Gasteiger partial charge on any atom is -0.484 e. The lowest BCUT2D eigenvalue weighted by Gasteiger charge is -2.16. The third kappa shape index (κ3) is 4.33. The van der Waals surface area contributed by atoms with Crippen molar-refractivity contribution in [3.05, 3.63) is 29.8 Å². The number of hydrogen-bond donors (Lipinski definition) is 0. The van der Waals surface area contributed by atoms with Crippen molar-refractivity contribution in [3.8, 4) is 5.75 Å². The van der Waals surface area contributed by atoms with E-state index >= 15 is 0 Å². The molecule has 0 N–H and O–H groups in total. The topological polar surface area (TPSA) is 52.6 Å². The van der Waals surface area contributed by atoms with Crippen LogP contribution in [-0.4, -0.2) is 25.4 Å². The molecule has 0 aliphatic rings. The molecule has 0 saturated carbocycles. The van der Waals surface area contributed by atoms with Gasteiger partial charge >= 0.3 is 0 Å². The van der Waals surface area contributed by atoms with Gasteiger partial charge in [-0.2, -0.15) is 0 Å². The number of hydrogen-bond acceptors (Lipinski definition) is 4. The Bertz CT molecular complexity index is 399. The van der Waals surface area contributed by atoms with E-state index in [-0.39, 0.29) is 6.35 Å². The zero-order valence-electron chi connectivity index (χ0n) is 10.1. The van der Waals surface area contributed by atoms with E-state index in [1.54, 1.807) is 31.2 Å². The van der Waals surface area contributed by atoms with Gasteiger partial charge in [0.15, 0.2) is 6.35 Å². The first-order chi connectivity index (χ1) is 8.13. The zero-order valence-corrected chi connectivity index (χ0v) is 11.0. The fraction of sp³-hybridized carbons (Fsp3) is 0.417. The van der Waals surface area contributed by atoms with Gasteiger partial charge in [0, 0.05) is 11.7 Å². The highest BCUT2D eigenvalue weighted by molar-refractivity contribution is 7.58. The van der Waals surface area contributed by atoms with E-state index in [0.717, 1.165) is 6.29 Å². The molecule has 0 saturated heterocycles. The van der Waals surface area contributed by atoms with Gasteiger partial charge in [0.1, 0.15) is 12.0 Å². The maximum absolute atomic E-state index is 12.1.